The van der Waals surface area contributed by atoms with Crippen molar-refractivity contribution in [2.75, 3.05) is 13.2 Å². The average Bonchev–Trinajstić information content (AvgIpc) is 2.24. The molecule has 0 aliphatic rings. The molecule has 0 amide bonds. The summed E-state index contributed by atoms with van der Waals surface area (Å²) in [6, 6.07) is 0. The fourth-order valence-corrected chi connectivity index (χ4v) is 1.24. The van der Waals surface area contributed by atoms with E-state index in [0.29, 0.717) is 0 Å². The normalized spacial score (nSPS) is 18.5. The molecule has 16 heavy (non-hydrogen) atoms. The molecule has 2 unspecified atom stereocenters. The van der Waals surface area contributed by atoms with Gasteiger partial charge in [0.25, 0.3) is 8.90 Å². The molecule has 94 valence electrons. The van der Waals surface area contributed by atoms with Crippen LogP contribution in [-0.4, -0.2) is 42.2 Å². The molecule has 0 rings (SSSR count). The van der Waals surface area contributed by atoms with Crippen LogP contribution in [0.5, 0.6) is 0 Å². The fourth-order valence-electron chi connectivity index (χ4n) is 0.839. The molecule has 0 aromatic heterocycles. The Kier molecular flexibility index (Phi) is 5.73. The molecule has 0 aromatic rings. The fraction of sp³-hybridized carbons (Fsp3) is 1.00. The van der Waals surface area contributed by atoms with E-state index in [1.165, 1.54) is 0 Å². The van der Waals surface area contributed by atoms with Crippen molar-refractivity contribution in [1.82, 2.24) is 0 Å². The van der Waals surface area contributed by atoms with Gasteiger partial charge in [-0.25, -0.2) is 0 Å². The number of nitro groups is 2. The lowest BCUT2D eigenvalue weighted by Crippen LogP contribution is -2.41. The first kappa shape index (κ1) is 15.7. The maximum absolute atomic E-state index is 10.6. The summed E-state index contributed by atoms with van der Waals surface area (Å²) in [5.41, 5.74) is 0. The Balaban J connectivity index is 4.64. The predicted molar refractivity (Wildman–Crippen MR) is 60.7 cm³/mol. The highest BCUT2D eigenvalue weighted by Gasteiger charge is 2.46. The van der Waals surface area contributed by atoms with Crippen LogP contribution in [0.15, 0.2) is 0 Å². The summed E-state index contributed by atoms with van der Waals surface area (Å²) in [4.78, 5) is 19.6. The van der Waals surface area contributed by atoms with Crippen LogP contribution in [0.1, 0.15) is 12.8 Å². The van der Waals surface area contributed by atoms with Crippen LogP contribution in [0.4, 0.5) is 0 Å². The standard InChI is InChI=1S/C6H10Br2N2O6/c7-5(3-11,9(13)14)1-2-6(8,4-12)10(15)16/h11-12H,1-4H2. The molecule has 0 bridgehead atoms. The zero-order chi connectivity index (χ0) is 13.0. The van der Waals surface area contributed by atoms with Crippen LogP contribution in [0.2, 0.25) is 0 Å². The lowest BCUT2D eigenvalue weighted by molar-refractivity contribution is -0.555. The Morgan fingerprint density at radius 2 is 1.19 bits per heavy atom. The molecule has 0 saturated carbocycles. The van der Waals surface area contributed by atoms with Crippen LogP contribution in [0.3, 0.4) is 0 Å². The summed E-state index contributed by atoms with van der Waals surface area (Å²) in [6.45, 7) is -1.60. The number of nitrogens with zero attached hydrogens (tertiary/aromatic N) is 2. The van der Waals surface area contributed by atoms with Crippen molar-refractivity contribution >= 4 is 31.9 Å². The Morgan fingerprint density at radius 1 is 0.938 bits per heavy atom. The first-order chi connectivity index (χ1) is 7.22. The quantitative estimate of drug-likeness (QED) is 0.292. The van der Waals surface area contributed by atoms with E-state index >= 15 is 0 Å². The molecule has 0 aliphatic heterocycles. The van der Waals surface area contributed by atoms with E-state index in [1.807, 2.05) is 0 Å². The third-order valence-corrected chi connectivity index (χ3v) is 3.90. The van der Waals surface area contributed by atoms with Gasteiger partial charge < -0.3 is 10.2 Å². The van der Waals surface area contributed by atoms with E-state index in [9.17, 15) is 20.2 Å². The topological polar surface area (TPSA) is 127 Å². The molecule has 0 aromatic carbocycles. The SMILES string of the molecule is O=[N+]([O-])C(Br)(CO)CCC(Br)(CO)[N+](=O)[O-]. The van der Waals surface area contributed by atoms with Gasteiger partial charge in [-0.3, -0.25) is 20.2 Å². The van der Waals surface area contributed by atoms with Crippen LogP contribution >= 0.6 is 31.9 Å². The van der Waals surface area contributed by atoms with Crippen molar-refractivity contribution in [3.8, 4) is 0 Å². The van der Waals surface area contributed by atoms with Gasteiger partial charge in [0.05, 0.1) is 0 Å². The summed E-state index contributed by atoms with van der Waals surface area (Å²) in [5.74, 6) is 0. The van der Waals surface area contributed by atoms with Gasteiger partial charge in [0.15, 0.2) is 0 Å². The van der Waals surface area contributed by atoms with Crippen molar-refractivity contribution in [1.29, 1.82) is 0 Å². The first-order valence-corrected chi connectivity index (χ1v) is 5.69. The monoisotopic (exact) mass is 364 g/mol. The maximum Gasteiger partial charge on any atom is 0.297 e. The van der Waals surface area contributed by atoms with Crippen LogP contribution in [0.25, 0.3) is 0 Å². The van der Waals surface area contributed by atoms with Crippen molar-refractivity contribution in [2.45, 2.75) is 21.7 Å². The first-order valence-electron chi connectivity index (χ1n) is 4.10. The third kappa shape index (κ3) is 3.61. The zero-order valence-corrected chi connectivity index (χ0v) is 11.2. The summed E-state index contributed by atoms with van der Waals surface area (Å²) < 4.78 is -3.64. The summed E-state index contributed by atoms with van der Waals surface area (Å²) in [5, 5.41) is 38.8. The molecule has 10 heteroatoms. The highest BCUT2D eigenvalue weighted by atomic mass is 79.9. The van der Waals surface area contributed by atoms with Gasteiger partial charge in [-0.15, -0.1) is 0 Å². The minimum atomic E-state index is -1.82. The van der Waals surface area contributed by atoms with E-state index in [4.69, 9.17) is 10.2 Å². The highest BCUT2D eigenvalue weighted by Crippen LogP contribution is 2.32. The predicted octanol–water partition coefficient (Wildman–Crippen LogP) is 0.487. The summed E-state index contributed by atoms with van der Waals surface area (Å²) >= 11 is 5.41. The number of hydrogen-bond acceptors (Lipinski definition) is 6. The van der Waals surface area contributed by atoms with E-state index in [-0.39, 0.29) is 12.8 Å². The summed E-state index contributed by atoms with van der Waals surface area (Å²) in [6.07, 6.45) is -0.605. The van der Waals surface area contributed by atoms with Crippen molar-refractivity contribution in [2.24, 2.45) is 0 Å². The molecule has 8 nitrogen and oxygen atoms in total. The number of alkyl halides is 2. The van der Waals surface area contributed by atoms with E-state index in [1.54, 1.807) is 0 Å². The van der Waals surface area contributed by atoms with Gasteiger partial charge in [-0.05, 0) is 0 Å². The maximum atomic E-state index is 10.6. The van der Waals surface area contributed by atoms with E-state index in [0.717, 1.165) is 0 Å². The second-order valence-corrected chi connectivity index (χ2v) is 6.12. The van der Waals surface area contributed by atoms with E-state index < -0.39 is 32.0 Å². The molecule has 2 atom stereocenters. The molecule has 0 heterocycles. The lowest BCUT2D eigenvalue weighted by Gasteiger charge is -2.20. The van der Waals surface area contributed by atoms with E-state index in [2.05, 4.69) is 31.9 Å². The second kappa shape index (κ2) is 5.84. The number of halogens is 2. The third-order valence-electron chi connectivity index (χ3n) is 2.03. The average molecular weight is 366 g/mol. The minimum absolute atomic E-state index is 0.302. The Labute approximate surface area is 107 Å². The number of hydrogen-bond donors (Lipinski definition) is 2. The number of aliphatic hydroxyl groups is 2. The van der Waals surface area contributed by atoms with Crippen molar-refractivity contribution in [3.63, 3.8) is 0 Å². The molecule has 0 saturated heterocycles. The molecule has 0 radical (unpaired) electrons. The largest absolute Gasteiger partial charge is 0.388 e. The Bertz CT molecular complexity index is 262. The molecule has 0 spiro atoms. The van der Waals surface area contributed by atoms with Gasteiger partial charge in [-0.1, -0.05) is 0 Å². The van der Waals surface area contributed by atoms with Gasteiger partial charge in [-0.2, -0.15) is 0 Å². The molecule has 2 N–H and O–H groups in total. The second-order valence-electron chi connectivity index (χ2n) is 3.17. The van der Waals surface area contributed by atoms with Crippen LogP contribution in [0, 0.1) is 20.2 Å². The molecular formula is C6H10Br2N2O6. The highest BCUT2D eigenvalue weighted by molar-refractivity contribution is 9.10. The molecular weight excluding hydrogens is 356 g/mol. The lowest BCUT2D eigenvalue weighted by atomic mass is 10.1. The summed E-state index contributed by atoms with van der Waals surface area (Å²) in [7, 11) is 0. The van der Waals surface area contributed by atoms with Crippen molar-refractivity contribution in [3.05, 3.63) is 20.2 Å². The zero-order valence-electron chi connectivity index (χ0n) is 8.01. The smallest absolute Gasteiger partial charge is 0.297 e. The van der Waals surface area contributed by atoms with Gasteiger partial charge in [0.1, 0.15) is 13.2 Å². The van der Waals surface area contributed by atoms with Gasteiger partial charge in [0.2, 0.25) is 0 Å². The van der Waals surface area contributed by atoms with Crippen molar-refractivity contribution < 1.29 is 20.1 Å². The molecule has 0 aliphatic carbocycles. The molecule has 0 fully saturated rings. The Hall–Kier alpha value is -0.320. The van der Waals surface area contributed by atoms with Crippen LogP contribution in [-0.2, 0) is 0 Å². The number of rotatable bonds is 7. The van der Waals surface area contributed by atoms with Crippen LogP contribution < -0.4 is 0 Å². The van der Waals surface area contributed by atoms with Gasteiger partial charge >= 0.3 is 0 Å². The minimum Gasteiger partial charge on any atom is -0.388 e. The number of aliphatic hydroxyl groups excluding tert-OH is 2. The Morgan fingerprint density at radius 3 is 1.31 bits per heavy atom. The van der Waals surface area contributed by atoms with Gasteiger partial charge in [0, 0.05) is 54.5 Å².